The van der Waals surface area contributed by atoms with Gasteiger partial charge in [-0.05, 0) is 37.0 Å². The Bertz CT molecular complexity index is 849. The Kier molecular flexibility index (Phi) is 4.17. The zero-order chi connectivity index (χ0) is 20.6. The van der Waals surface area contributed by atoms with Crippen molar-refractivity contribution in [3.05, 3.63) is 22.5 Å². The number of carbonyl (C=O) groups excluding carboxylic acids is 3. The van der Waals surface area contributed by atoms with E-state index in [9.17, 15) is 19.5 Å². The Hall–Kier alpha value is -1.95. The predicted octanol–water partition coefficient (Wildman–Crippen LogP) is 2.84. The Labute approximate surface area is 165 Å². The Morgan fingerprint density at radius 3 is 2.46 bits per heavy atom. The summed E-state index contributed by atoms with van der Waals surface area (Å²) < 4.78 is 11.2. The third-order valence-electron chi connectivity index (χ3n) is 7.39. The van der Waals surface area contributed by atoms with Gasteiger partial charge < -0.3 is 14.6 Å². The van der Waals surface area contributed by atoms with E-state index < -0.39 is 29.6 Å². The molecule has 0 saturated heterocycles. The standard InChI is InChI=1S/C22H28O6/c1-10(2)14-19(27-11(3)23)17(25)16-18-15-13(20(26)28-18)12(24)6-7-21(15,4)8-9-22(14,16)5/h10,12,14,19,24H,6-9H2,1-5H3/t12-,14+,19-,21+,22-/m1/s1. The van der Waals surface area contributed by atoms with Crippen molar-refractivity contribution < 1.29 is 29.0 Å². The number of aliphatic hydroxyl groups is 1. The van der Waals surface area contributed by atoms with E-state index >= 15 is 0 Å². The Balaban J connectivity index is 1.98. The monoisotopic (exact) mass is 388 g/mol. The molecule has 0 spiro atoms. The van der Waals surface area contributed by atoms with Gasteiger partial charge in [-0.15, -0.1) is 0 Å². The maximum atomic E-state index is 13.5. The van der Waals surface area contributed by atoms with Gasteiger partial charge in [0.25, 0.3) is 0 Å². The second-order valence-electron chi connectivity index (χ2n) is 9.58. The lowest BCUT2D eigenvalue weighted by molar-refractivity contribution is -0.155. The number of allylic oxidation sites excluding steroid dienone is 1. The average Bonchev–Trinajstić information content (AvgIpc) is 3.00. The number of esters is 2. The van der Waals surface area contributed by atoms with Crippen LogP contribution in [0.2, 0.25) is 0 Å². The highest BCUT2D eigenvalue weighted by Gasteiger charge is 2.62. The van der Waals surface area contributed by atoms with E-state index in [2.05, 4.69) is 6.92 Å². The molecule has 152 valence electrons. The van der Waals surface area contributed by atoms with E-state index in [-0.39, 0.29) is 23.0 Å². The van der Waals surface area contributed by atoms with Gasteiger partial charge in [0.1, 0.15) is 5.76 Å². The molecule has 0 aromatic rings. The number of hydrogen-bond donors (Lipinski definition) is 1. The lowest BCUT2D eigenvalue weighted by Gasteiger charge is -2.38. The van der Waals surface area contributed by atoms with Crippen molar-refractivity contribution in [1.29, 1.82) is 0 Å². The van der Waals surface area contributed by atoms with Gasteiger partial charge in [0, 0.05) is 29.4 Å². The number of Topliss-reactive ketones (excluding diaryl/α,β-unsaturated/α-hetero) is 1. The van der Waals surface area contributed by atoms with Crippen molar-refractivity contribution in [2.45, 2.75) is 72.5 Å². The molecule has 4 rings (SSSR count). The molecule has 1 saturated carbocycles. The summed E-state index contributed by atoms with van der Waals surface area (Å²) in [4.78, 5) is 37.8. The molecule has 28 heavy (non-hydrogen) atoms. The van der Waals surface area contributed by atoms with Crippen molar-refractivity contribution >= 4 is 17.7 Å². The second kappa shape index (κ2) is 6.02. The molecular weight excluding hydrogens is 360 g/mol. The molecule has 0 bridgehead atoms. The van der Waals surface area contributed by atoms with Gasteiger partial charge in [0.05, 0.1) is 11.7 Å². The number of rotatable bonds is 2. The number of hydrogen-bond acceptors (Lipinski definition) is 6. The zero-order valence-electron chi connectivity index (χ0n) is 17.1. The summed E-state index contributed by atoms with van der Waals surface area (Å²) in [5.74, 6) is -1.08. The van der Waals surface area contributed by atoms with E-state index in [1.807, 2.05) is 20.8 Å². The molecule has 6 nitrogen and oxygen atoms in total. The highest BCUT2D eigenvalue weighted by Crippen LogP contribution is 2.62. The van der Waals surface area contributed by atoms with Crippen molar-refractivity contribution in [2.24, 2.45) is 22.7 Å². The van der Waals surface area contributed by atoms with E-state index in [4.69, 9.17) is 9.47 Å². The van der Waals surface area contributed by atoms with Crippen LogP contribution in [0.3, 0.4) is 0 Å². The Morgan fingerprint density at radius 2 is 1.86 bits per heavy atom. The average molecular weight is 388 g/mol. The normalized spacial score (nSPS) is 39.8. The van der Waals surface area contributed by atoms with Gasteiger partial charge in [0.15, 0.2) is 6.10 Å². The van der Waals surface area contributed by atoms with E-state index in [1.54, 1.807) is 0 Å². The summed E-state index contributed by atoms with van der Waals surface area (Å²) >= 11 is 0. The molecule has 6 heteroatoms. The van der Waals surface area contributed by atoms with Crippen LogP contribution in [0.5, 0.6) is 0 Å². The number of ketones is 1. The minimum Gasteiger partial charge on any atom is -0.454 e. The minimum absolute atomic E-state index is 0.0977. The maximum absolute atomic E-state index is 13.5. The fraction of sp³-hybridized carbons (Fsp3) is 0.682. The lowest BCUT2D eigenvalue weighted by atomic mass is 9.65. The molecule has 4 aliphatic rings. The molecule has 0 amide bonds. The van der Waals surface area contributed by atoms with Crippen LogP contribution in [0.4, 0.5) is 0 Å². The van der Waals surface area contributed by atoms with Crippen LogP contribution in [0, 0.1) is 22.7 Å². The minimum atomic E-state index is -0.869. The van der Waals surface area contributed by atoms with Gasteiger partial charge in [0.2, 0.25) is 5.78 Å². The molecule has 1 aliphatic heterocycles. The number of ether oxygens (including phenoxy) is 2. The summed E-state index contributed by atoms with van der Waals surface area (Å²) in [6.07, 6.45) is 1.04. The summed E-state index contributed by atoms with van der Waals surface area (Å²) in [5, 5.41) is 10.5. The molecule has 1 heterocycles. The van der Waals surface area contributed by atoms with Crippen molar-refractivity contribution in [3.8, 4) is 0 Å². The third kappa shape index (κ3) is 2.39. The number of fused-ring (bicyclic) bond motifs is 1. The summed E-state index contributed by atoms with van der Waals surface area (Å²) in [5.41, 5.74) is 0.609. The molecule has 1 fully saturated rings. The number of carbonyl (C=O) groups is 3. The smallest absolute Gasteiger partial charge is 0.342 e. The van der Waals surface area contributed by atoms with Crippen LogP contribution in [-0.4, -0.2) is 35.0 Å². The van der Waals surface area contributed by atoms with Gasteiger partial charge in [-0.1, -0.05) is 27.7 Å². The first-order valence-electron chi connectivity index (χ1n) is 10.1. The van der Waals surface area contributed by atoms with Crippen molar-refractivity contribution in [3.63, 3.8) is 0 Å². The van der Waals surface area contributed by atoms with Crippen LogP contribution >= 0.6 is 0 Å². The van der Waals surface area contributed by atoms with Gasteiger partial charge in [-0.2, -0.15) is 0 Å². The third-order valence-corrected chi connectivity index (χ3v) is 7.39. The molecule has 3 aliphatic carbocycles. The van der Waals surface area contributed by atoms with Crippen LogP contribution < -0.4 is 0 Å². The molecule has 0 unspecified atom stereocenters. The highest BCUT2D eigenvalue weighted by molar-refractivity contribution is 6.07. The van der Waals surface area contributed by atoms with Crippen molar-refractivity contribution in [1.82, 2.24) is 0 Å². The van der Waals surface area contributed by atoms with E-state index in [0.717, 1.165) is 19.3 Å². The molecule has 0 aromatic carbocycles. The van der Waals surface area contributed by atoms with Gasteiger partial charge in [-0.25, -0.2) is 4.79 Å². The Morgan fingerprint density at radius 1 is 1.18 bits per heavy atom. The van der Waals surface area contributed by atoms with Crippen LogP contribution in [0.15, 0.2) is 22.5 Å². The summed E-state index contributed by atoms with van der Waals surface area (Å²) in [7, 11) is 0. The van der Waals surface area contributed by atoms with Crippen LogP contribution in [-0.2, 0) is 23.9 Å². The zero-order valence-corrected chi connectivity index (χ0v) is 17.1. The second-order valence-corrected chi connectivity index (χ2v) is 9.58. The fourth-order valence-corrected chi connectivity index (χ4v) is 6.15. The SMILES string of the molecule is CC(=O)O[C@H]1C(=O)C2=C3OC(=O)C4=C3[C@@](C)(CC[C@H]4O)CC[C@]2(C)[C@H]1C(C)C. The van der Waals surface area contributed by atoms with E-state index in [0.29, 0.717) is 28.9 Å². The van der Waals surface area contributed by atoms with E-state index in [1.165, 1.54) is 6.92 Å². The lowest BCUT2D eigenvalue weighted by Crippen LogP contribution is -2.37. The molecule has 5 atom stereocenters. The molecule has 0 aromatic heterocycles. The first-order valence-corrected chi connectivity index (χ1v) is 10.1. The summed E-state index contributed by atoms with van der Waals surface area (Å²) in [6.45, 7) is 9.50. The van der Waals surface area contributed by atoms with Crippen LogP contribution in [0.25, 0.3) is 0 Å². The molecule has 0 radical (unpaired) electrons. The largest absolute Gasteiger partial charge is 0.454 e. The quantitative estimate of drug-likeness (QED) is 0.732. The van der Waals surface area contributed by atoms with Crippen LogP contribution in [0.1, 0.15) is 60.3 Å². The predicted molar refractivity (Wildman–Crippen MR) is 99.7 cm³/mol. The first-order chi connectivity index (χ1) is 13.0. The topological polar surface area (TPSA) is 89.9 Å². The fourth-order valence-electron chi connectivity index (χ4n) is 6.15. The molecular formula is C22H28O6. The molecule has 1 N–H and O–H groups in total. The maximum Gasteiger partial charge on any atom is 0.342 e. The first kappa shape index (κ1) is 19.4. The highest BCUT2D eigenvalue weighted by atomic mass is 16.6. The van der Waals surface area contributed by atoms with Gasteiger partial charge in [-0.3, -0.25) is 9.59 Å². The number of aliphatic hydroxyl groups excluding tert-OH is 1. The van der Waals surface area contributed by atoms with Gasteiger partial charge >= 0.3 is 11.9 Å². The summed E-state index contributed by atoms with van der Waals surface area (Å²) in [6, 6.07) is 0. The van der Waals surface area contributed by atoms with Crippen molar-refractivity contribution in [2.75, 3.05) is 0 Å².